The van der Waals surface area contributed by atoms with Gasteiger partial charge in [-0.1, -0.05) is 18.2 Å². The second-order valence-electron chi connectivity index (χ2n) is 6.24. The molecular weight excluding hydrogens is 477 g/mol. The van der Waals surface area contributed by atoms with E-state index in [1.807, 2.05) is 0 Å². The maximum Gasteiger partial charge on any atom is 0.422 e. The van der Waals surface area contributed by atoms with Crippen LogP contribution in [0.3, 0.4) is 0 Å². The van der Waals surface area contributed by atoms with Crippen LogP contribution in [0.15, 0.2) is 47.4 Å². The Morgan fingerprint density at radius 2 is 1.22 bits per heavy atom. The van der Waals surface area contributed by atoms with Gasteiger partial charge in [-0.2, -0.15) is 13.2 Å². The minimum atomic E-state index is -5.51. The highest BCUT2D eigenvalue weighted by Crippen LogP contribution is 2.41. The van der Waals surface area contributed by atoms with Gasteiger partial charge in [-0.3, -0.25) is 4.72 Å². The van der Waals surface area contributed by atoms with Crippen LogP contribution < -0.4 is 4.72 Å². The minimum absolute atomic E-state index is 0.124. The maximum absolute atomic E-state index is 14.5. The Kier molecular flexibility index (Phi) is 5.89. The van der Waals surface area contributed by atoms with Gasteiger partial charge in [-0.25, -0.2) is 34.8 Å². The summed E-state index contributed by atoms with van der Waals surface area (Å²) in [4.78, 5) is -0.541. The Morgan fingerprint density at radius 3 is 1.72 bits per heavy atom. The molecule has 0 aliphatic heterocycles. The lowest BCUT2D eigenvalue weighted by molar-refractivity contribution is -0.142. The molecular formula is C19H8F9NO2S. The third kappa shape index (κ3) is 4.11. The molecule has 0 unspecified atom stereocenters. The van der Waals surface area contributed by atoms with Crippen molar-refractivity contribution in [2.24, 2.45) is 0 Å². The van der Waals surface area contributed by atoms with Crippen molar-refractivity contribution in [1.82, 2.24) is 0 Å². The highest BCUT2D eigenvalue weighted by Gasteiger charge is 2.39. The van der Waals surface area contributed by atoms with Gasteiger partial charge >= 0.3 is 6.18 Å². The Labute approximate surface area is 174 Å². The van der Waals surface area contributed by atoms with E-state index in [-0.39, 0.29) is 12.1 Å². The lowest BCUT2D eigenvalue weighted by atomic mass is 9.99. The van der Waals surface area contributed by atoms with Crippen molar-refractivity contribution in [2.45, 2.75) is 11.1 Å². The SMILES string of the molecule is O=S(=O)(Nc1c(F)c(F)c(F)c(F)c1-c1cc(F)c(C(F)(F)F)c(F)c1)c1ccccc1. The average Bonchev–Trinajstić information content (AvgIpc) is 2.69. The van der Waals surface area contributed by atoms with Gasteiger partial charge in [0.25, 0.3) is 10.0 Å². The molecule has 32 heavy (non-hydrogen) atoms. The Balaban J connectivity index is 2.30. The van der Waals surface area contributed by atoms with Gasteiger partial charge in [0.2, 0.25) is 0 Å². The minimum Gasteiger partial charge on any atom is -0.276 e. The summed E-state index contributed by atoms with van der Waals surface area (Å²) in [6.07, 6.45) is -5.51. The molecule has 0 spiro atoms. The summed E-state index contributed by atoms with van der Waals surface area (Å²) in [7, 11) is -4.78. The molecule has 0 atom stereocenters. The summed E-state index contributed by atoms with van der Waals surface area (Å²) in [6.45, 7) is 0. The van der Waals surface area contributed by atoms with Gasteiger partial charge in [0, 0.05) is 5.56 Å². The second-order valence-corrected chi connectivity index (χ2v) is 7.92. The molecule has 0 saturated carbocycles. The monoisotopic (exact) mass is 485 g/mol. The molecule has 1 N–H and O–H groups in total. The largest absolute Gasteiger partial charge is 0.422 e. The smallest absolute Gasteiger partial charge is 0.276 e. The van der Waals surface area contributed by atoms with Crippen LogP contribution in [0.2, 0.25) is 0 Å². The Hall–Kier alpha value is -3.22. The number of alkyl halides is 3. The van der Waals surface area contributed by atoms with E-state index in [9.17, 15) is 47.9 Å². The number of anilines is 1. The van der Waals surface area contributed by atoms with Crippen LogP contribution in [-0.2, 0) is 16.2 Å². The lowest BCUT2D eigenvalue weighted by Gasteiger charge is -2.17. The van der Waals surface area contributed by atoms with Gasteiger partial charge in [0.1, 0.15) is 17.2 Å². The van der Waals surface area contributed by atoms with Crippen molar-refractivity contribution >= 4 is 15.7 Å². The van der Waals surface area contributed by atoms with E-state index in [1.165, 1.54) is 22.9 Å². The van der Waals surface area contributed by atoms with E-state index in [0.717, 1.165) is 12.1 Å². The summed E-state index contributed by atoms with van der Waals surface area (Å²) in [5, 5.41) is 0. The summed E-state index contributed by atoms with van der Waals surface area (Å²) in [6, 6.07) is 5.61. The van der Waals surface area contributed by atoms with Crippen LogP contribution in [0.4, 0.5) is 45.2 Å². The number of nitrogens with one attached hydrogen (secondary N) is 1. The van der Waals surface area contributed by atoms with Crippen molar-refractivity contribution < 1.29 is 47.9 Å². The highest BCUT2D eigenvalue weighted by atomic mass is 32.2. The van der Waals surface area contributed by atoms with Crippen molar-refractivity contribution in [3.8, 4) is 11.1 Å². The van der Waals surface area contributed by atoms with Crippen molar-refractivity contribution in [3.05, 3.63) is 82.9 Å². The topological polar surface area (TPSA) is 46.2 Å². The van der Waals surface area contributed by atoms with E-state index < -0.39 is 78.4 Å². The van der Waals surface area contributed by atoms with Crippen molar-refractivity contribution in [2.75, 3.05) is 4.72 Å². The number of hydrogen-bond acceptors (Lipinski definition) is 2. The van der Waals surface area contributed by atoms with Crippen molar-refractivity contribution in [1.29, 1.82) is 0 Å². The number of halogens is 9. The summed E-state index contributed by atoms with van der Waals surface area (Å²) in [5.74, 6) is -14.1. The zero-order chi connectivity index (χ0) is 24.0. The van der Waals surface area contributed by atoms with Gasteiger partial charge in [0.05, 0.1) is 10.6 Å². The molecule has 3 aromatic carbocycles. The van der Waals surface area contributed by atoms with Gasteiger partial charge < -0.3 is 0 Å². The molecule has 3 nitrogen and oxygen atoms in total. The van der Waals surface area contributed by atoms with E-state index >= 15 is 0 Å². The molecule has 0 bridgehead atoms. The predicted molar refractivity (Wildman–Crippen MR) is 93.9 cm³/mol. The predicted octanol–water partition coefficient (Wildman–Crippen LogP) is 6.01. The van der Waals surface area contributed by atoms with E-state index in [0.29, 0.717) is 0 Å². The molecule has 170 valence electrons. The molecule has 0 aliphatic rings. The first kappa shape index (κ1) is 23.4. The maximum atomic E-state index is 14.5. The fourth-order valence-corrected chi connectivity index (χ4v) is 3.87. The van der Waals surface area contributed by atoms with E-state index in [2.05, 4.69) is 0 Å². The first-order valence-electron chi connectivity index (χ1n) is 8.26. The molecule has 13 heteroatoms. The van der Waals surface area contributed by atoms with Crippen LogP contribution in [0, 0.1) is 34.9 Å². The molecule has 0 fully saturated rings. The number of rotatable bonds is 4. The third-order valence-electron chi connectivity index (χ3n) is 4.17. The summed E-state index contributed by atoms with van der Waals surface area (Å²) >= 11 is 0. The first-order chi connectivity index (χ1) is 14.8. The molecule has 0 saturated heterocycles. The van der Waals surface area contributed by atoms with Crippen LogP contribution in [0.5, 0.6) is 0 Å². The molecule has 3 rings (SSSR count). The number of sulfonamides is 1. The first-order valence-corrected chi connectivity index (χ1v) is 9.74. The zero-order valence-electron chi connectivity index (χ0n) is 15.2. The lowest BCUT2D eigenvalue weighted by Crippen LogP contribution is -2.17. The molecule has 0 aromatic heterocycles. The molecule has 0 amide bonds. The summed E-state index contributed by atoms with van der Waals surface area (Å²) in [5.41, 5.74) is -6.76. The van der Waals surface area contributed by atoms with Crippen LogP contribution in [0.25, 0.3) is 11.1 Å². The van der Waals surface area contributed by atoms with Crippen molar-refractivity contribution in [3.63, 3.8) is 0 Å². The van der Waals surface area contributed by atoms with Crippen LogP contribution in [-0.4, -0.2) is 8.42 Å². The molecule has 0 radical (unpaired) electrons. The summed E-state index contributed by atoms with van der Waals surface area (Å²) < 4.78 is 149. The van der Waals surface area contributed by atoms with E-state index in [1.54, 1.807) is 0 Å². The standard InChI is InChI=1S/C19H8F9NO2S/c20-10-6-8(7-11(21)13(10)19(26,27)28)12-14(22)15(23)16(24)17(25)18(12)29-32(30,31)9-4-2-1-3-5-9/h1-7,29H. The highest BCUT2D eigenvalue weighted by molar-refractivity contribution is 7.92. The fourth-order valence-electron chi connectivity index (χ4n) is 2.78. The normalized spacial score (nSPS) is 12.2. The van der Waals surface area contributed by atoms with E-state index in [4.69, 9.17) is 0 Å². The second kappa shape index (κ2) is 8.04. The molecule has 3 aromatic rings. The third-order valence-corrected chi connectivity index (χ3v) is 5.54. The Morgan fingerprint density at radius 1 is 0.719 bits per heavy atom. The molecule has 0 heterocycles. The van der Waals surface area contributed by atoms with Crippen LogP contribution >= 0.6 is 0 Å². The van der Waals surface area contributed by atoms with Gasteiger partial charge in [-0.15, -0.1) is 0 Å². The molecule has 0 aliphatic carbocycles. The van der Waals surface area contributed by atoms with Gasteiger partial charge in [0.15, 0.2) is 23.3 Å². The zero-order valence-corrected chi connectivity index (χ0v) is 16.0. The average molecular weight is 485 g/mol. The number of hydrogen-bond donors (Lipinski definition) is 1. The number of benzene rings is 3. The van der Waals surface area contributed by atoms with Gasteiger partial charge in [-0.05, 0) is 29.8 Å². The van der Waals surface area contributed by atoms with Crippen LogP contribution in [0.1, 0.15) is 5.56 Å². The Bertz CT molecular complexity index is 1280. The quantitative estimate of drug-likeness (QED) is 0.280. The fraction of sp³-hybridized carbons (Fsp3) is 0.0526.